The van der Waals surface area contributed by atoms with Crippen LogP contribution in [0.2, 0.25) is 5.02 Å². The number of carbonyl (C=O) groups is 1. The monoisotopic (exact) mass is 247 g/mol. The van der Waals surface area contributed by atoms with Crippen LogP contribution in [0.25, 0.3) is 0 Å². The molecule has 1 aromatic rings. The third-order valence-electron chi connectivity index (χ3n) is 2.96. The average Bonchev–Trinajstić information content (AvgIpc) is 2.29. The van der Waals surface area contributed by atoms with Crippen LogP contribution in [0.5, 0.6) is 0 Å². The molecule has 17 heavy (non-hydrogen) atoms. The molecule has 1 aliphatic heterocycles. The number of hydrogen-bond donors (Lipinski definition) is 1. The molecule has 0 aromatic heterocycles. The minimum Gasteiger partial charge on any atom is -0.345 e. The molecule has 1 unspecified atom stereocenters. The Hall–Kier alpha value is -1.54. The second-order valence-electron chi connectivity index (χ2n) is 4.17. The Labute approximate surface area is 106 Å². The van der Waals surface area contributed by atoms with Gasteiger partial charge in [0, 0.05) is 11.4 Å². The third-order valence-corrected chi connectivity index (χ3v) is 3.21. The highest BCUT2D eigenvalue weighted by Gasteiger charge is 2.24. The van der Waals surface area contributed by atoms with Gasteiger partial charge in [0.05, 0.1) is 6.04 Å². The van der Waals surface area contributed by atoms with E-state index in [9.17, 15) is 4.79 Å². The molecule has 1 atom stereocenters. The van der Waals surface area contributed by atoms with E-state index in [-0.39, 0.29) is 11.9 Å². The van der Waals surface area contributed by atoms with Crippen molar-refractivity contribution in [3.8, 4) is 0 Å². The van der Waals surface area contributed by atoms with Gasteiger partial charge in [-0.15, -0.1) is 0 Å². The predicted molar refractivity (Wildman–Crippen MR) is 69.8 cm³/mol. The summed E-state index contributed by atoms with van der Waals surface area (Å²) in [5, 5.41) is 3.66. The molecule has 1 heterocycles. The van der Waals surface area contributed by atoms with Crippen LogP contribution < -0.4 is 5.32 Å². The Balaban J connectivity index is 2.42. The van der Waals surface area contributed by atoms with Crippen molar-refractivity contribution in [1.29, 1.82) is 0 Å². The van der Waals surface area contributed by atoms with Gasteiger partial charge in [0.15, 0.2) is 0 Å². The Bertz CT molecular complexity index is 487. The maximum absolute atomic E-state index is 11.6. The average molecular weight is 248 g/mol. The zero-order valence-electron chi connectivity index (χ0n) is 9.66. The molecule has 2 rings (SSSR count). The normalized spacial score (nSPS) is 20.1. The van der Waals surface area contributed by atoms with Gasteiger partial charge < -0.3 is 5.32 Å². The smallest absolute Gasteiger partial charge is 0.224 e. The first-order valence-electron chi connectivity index (χ1n) is 5.48. The molecule has 88 valence electrons. The lowest BCUT2D eigenvalue weighted by atomic mass is 9.90. The molecular formula is C14H14ClNO. The van der Waals surface area contributed by atoms with Gasteiger partial charge >= 0.3 is 0 Å². The number of hydrogen-bond acceptors (Lipinski definition) is 1. The summed E-state index contributed by atoms with van der Waals surface area (Å²) >= 11 is 5.86. The van der Waals surface area contributed by atoms with Crippen LogP contribution in [0.4, 0.5) is 0 Å². The van der Waals surface area contributed by atoms with E-state index in [2.05, 4.69) is 11.9 Å². The highest BCUT2D eigenvalue weighted by Crippen LogP contribution is 2.30. The molecule has 3 heteroatoms. The predicted octanol–water partition coefficient (Wildman–Crippen LogP) is 3.40. The first-order valence-corrected chi connectivity index (χ1v) is 5.86. The molecule has 1 aromatic carbocycles. The number of halogens is 1. The zero-order chi connectivity index (χ0) is 12.4. The van der Waals surface area contributed by atoms with E-state index in [0.29, 0.717) is 11.4 Å². The summed E-state index contributed by atoms with van der Waals surface area (Å²) in [4.78, 5) is 11.6. The molecule has 0 saturated heterocycles. The Morgan fingerprint density at radius 3 is 2.65 bits per heavy atom. The van der Waals surface area contributed by atoms with Gasteiger partial charge in [-0.3, -0.25) is 4.79 Å². The Morgan fingerprint density at radius 1 is 1.41 bits per heavy atom. The number of nitrogens with one attached hydrogen (secondary N) is 1. The number of rotatable bonds is 2. The first kappa shape index (κ1) is 11.9. The summed E-state index contributed by atoms with van der Waals surface area (Å²) in [5.41, 5.74) is 3.17. The van der Waals surface area contributed by atoms with Crippen LogP contribution in [0.3, 0.4) is 0 Å². The van der Waals surface area contributed by atoms with E-state index >= 15 is 0 Å². The molecule has 0 bridgehead atoms. The fourth-order valence-electron chi connectivity index (χ4n) is 2.09. The summed E-state index contributed by atoms with van der Waals surface area (Å²) in [5.74, 6) is 0.0491. The van der Waals surface area contributed by atoms with Crippen molar-refractivity contribution in [2.75, 3.05) is 0 Å². The number of amides is 1. The lowest BCUT2D eigenvalue weighted by Crippen LogP contribution is -2.33. The summed E-state index contributed by atoms with van der Waals surface area (Å²) in [6, 6.07) is 7.40. The van der Waals surface area contributed by atoms with Gasteiger partial charge in [0.2, 0.25) is 5.91 Å². The molecular weight excluding hydrogens is 234 g/mol. The standard InChI is InChI=1S/C14H14ClNO/c1-3-12-9(2)8-13(17)16-14(12)10-4-6-11(15)7-5-10/h3-7,14H,1,8H2,2H3,(H,16,17). The highest BCUT2D eigenvalue weighted by atomic mass is 35.5. The second-order valence-corrected chi connectivity index (χ2v) is 4.61. The molecule has 0 saturated carbocycles. The molecule has 0 radical (unpaired) electrons. The topological polar surface area (TPSA) is 29.1 Å². The van der Waals surface area contributed by atoms with Crippen LogP contribution in [0.1, 0.15) is 24.9 Å². The van der Waals surface area contributed by atoms with Gasteiger partial charge in [0.25, 0.3) is 0 Å². The van der Waals surface area contributed by atoms with E-state index in [1.54, 1.807) is 0 Å². The van der Waals surface area contributed by atoms with E-state index in [4.69, 9.17) is 11.6 Å². The molecule has 1 N–H and O–H groups in total. The zero-order valence-corrected chi connectivity index (χ0v) is 10.4. The van der Waals surface area contributed by atoms with Crippen LogP contribution in [-0.4, -0.2) is 5.91 Å². The van der Waals surface area contributed by atoms with Crippen molar-refractivity contribution >= 4 is 17.5 Å². The van der Waals surface area contributed by atoms with Gasteiger partial charge in [0.1, 0.15) is 0 Å². The van der Waals surface area contributed by atoms with Crippen molar-refractivity contribution in [2.45, 2.75) is 19.4 Å². The van der Waals surface area contributed by atoms with Crippen LogP contribution in [-0.2, 0) is 4.79 Å². The Morgan fingerprint density at radius 2 is 2.06 bits per heavy atom. The van der Waals surface area contributed by atoms with Crippen molar-refractivity contribution in [2.24, 2.45) is 0 Å². The SMILES string of the molecule is C=CC1=C(C)CC(=O)NC1c1ccc(Cl)cc1. The second kappa shape index (κ2) is 4.76. The van der Waals surface area contributed by atoms with E-state index in [1.165, 1.54) is 0 Å². The molecule has 0 spiro atoms. The lowest BCUT2D eigenvalue weighted by Gasteiger charge is -2.27. The fraction of sp³-hybridized carbons (Fsp3) is 0.214. The molecule has 1 aliphatic rings. The van der Waals surface area contributed by atoms with Crippen molar-refractivity contribution in [3.05, 3.63) is 58.7 Å². The summed E-state index contributed by atoms with van der Waals surface area (Å²) < 4.78 is 0. The van der Waals surface area contributed by atoms with Crippen LogP contribution in [0, 0.1) is 0 Å². The van der Waals surface area contributed by atoms with Crippen LogP contribution in [0.15, 0.2) is 48.1 Å². The Kier molecular flexibility index (Phi) is 3.34. The number of carbonyl (C=O) groups excluding carboxylic acids is 1. The third kappa shape index (κ3) is 2.42. The van der Waals surface area contributed by atoms with Gasteiger partial charge in [-0.2, -0.15) is 0 Å². The van der Waals surface area contributed by atoms with E-state index in [1.807, 2.05) is 37.3 Å². The van der Waals surface area contributed by atoms with Crippen molar-refractivity contribution < 1.29 is 4.79 Å². The van der Waals surface area contributed by atoms with Crippen molar-refractivity contribution in [3.63, 3.8) is 0 Å². The maximum atomic E-state index is 11.6. The first-order chi connectivity index (χ1) is 8.11. The fourth-order valence-corrected chi connectivity index (χ4v) is 2.22. The molecule has 2 nitrogen and oxygen atoms in total. The van der Waals surface area contributed by atoms with E-state index < -0.39 is 0 Å². The van der Waals surface area contributed by atoms with Gasteiger partial charge in [-0.05, 0) is 30.2 Å². The lowest BCUT2D eigenvalue weighted by molar-refractivity contribution is -0.121. The minimum atomic E-state index is -0.106. The van der Waals surface area contributed by atoms with Crippen molar-refractivity contribution in [1.82, 2.24) is 5.32 Å². The highest BCUT2D eigenvalue weighted by molar-refractivity contribution is 6.30. The minimum absolute atomic E-state index is 0.0491. The van der Waals surface area contributed by atoms with Crippen LogP contribution >= 0.6 is 11.6 Å². The molecule has 1 amide bonds. The maximum Gasteiger partial charge on any atom is 0.224 e. The summed E-state index contributed by atoms with van der Waals surface area (Å²) in [6.45, 7) is 5.79. The largest absolute Gasteiger partial charge is 0.345 e. The summed E-state index contributed by atoms with van der Waals surface area (Å²) in [6.07, 6.45) is 2.26. The van der Waals surface area contributed by atoms with Gasteiger partial charge in [-0.25, -0.2) is 0 Å². The quantitative estimate of drug-likeness (QED) is 0.853. The summed E-state index contributed by atoms with van der Waals surface area (Å²) in [7, 11) is 0. The number of benzene rings is 1. The molecule has 0 fully saturated rings. The molecule has 0 aliphatic carbocycles. The van der Waals surface area contributed by atoms with Gasteiger partial charge in [-0.1, -0.05) is 42.0 Å². The van der Waals surface area contributed by atoms with E-state index in [0.717, 1.165) is 16.7 Å².